The first-order valence-corrected chi connectivity index (χ1v) is 10.9. The first kappa shape index (κ1) is 27.1. The monoisotopic (exact) mass is 408 g/mol. The summed E-state index contributed by atoms with van der Waals surface area (Å²) in [6.07, 6.45) is 21.0. The lowest BCUT2D eigenvalue weighted by Gasteiger charge is -2.12. The number of carbonyl (C=O) groups excluding carboxylic acids is 2. The fourth-order valence-corrected chi connectivity index (χ4v) is 2.53. The molecule has 29 heavy (non-hydrogen) atoms. The largest absolute Gasteiger partial charge is 0.394 e. The molecule has 0 saturated carbocycles. The van der Waals surface area contributed by atoms with E-state index in [9.17, 15) is 9.59 Å². The van der Waals surface area contributed by atoms with Crippen molar-refractivity contribution in [2.45, 2.75) is 77.2 Å². The summed E-state index contributed by atoms with van der Waals surface area (Å²) >= 11 is 0. The van der Waals surface area contributed by atoms with Crippen molar-refractivity contribution < 1.29 is 19.8 Å². The molecule has 0 fully saturated rings. The second kappa shape index (κ2) is 20.8. The van der Waals surface area contributed by atoms with Crippen LogP contribution in [0.3, 0.4) is 0 Å². The van der Waals surface area contributed by atoms with Gasteiger partial charge in [-0.25, -0.2) is 0 Å². The number of unbranched alkanes of at least 4 members (excludes halogenated alkanes) is 3. The second-order valence-electron chi connectivity index (χ2n) is 7.00. The number of allylic oxidation sites excluding steroid dienone is 5. The molecule has 0 atom stereocenters. The highest BCUT2D eigenvalue weighted by atomic mass is 16.3. The van der Waals surface area contributed by atoms with Crippen LogP contribution in [0.25, 0.3) is 0 Å². The molecule has 166 valence electrons. The Morgan fingerprint density at radius 1 is 0.793 bits per heavy atom. The van der Waals surface area contributed by atoms with Crippen LogP contribution in [0.2, 0.25) is 0 Å². The number of aliphatic hydroxyl groups is 2. The van der Waals surface area contributed by atoms with Crippen LogP contribution < -0.4 is 10.6 Å². The van der Waals surface area contributed by atoms with E-state index < -0.39 is 6.04 Å². The maximum Gasteiger partial charge on any atom is 0.220 e. The molecule has 4 N–H and O–H groups in total. The quantitative estimate of drug-likeness (QED) is 0.207. The van der Waals surface area contributed by atoms with Gasteiger partial charge in [-0.15, -0.1) is 0 Å². The summed E-state index contributed by atoms with van der Waals surface area (Å²) in [5.74, 6) is 0.00733. The minimum atomic E-state index is -0.563. The molecule has 0 aromatic heterocycles. The second-order valence-corrected chi connectivity index (χ2v) is 7.00. The van der Waals surface area contributed by atoms with Gasteiger partial charge in [0.05, 0.1) is 19.3 Å². The van der Waals surface area contributed by atoms with Crippen LogP contribution in [0.1, 0.15) is 71.1 Å². The fourth-order valence-electron chi connectivity index (χ4n) is 2.53. The highest BCUT2D eigenvalue weighted by molar-refractivity contribution is 5.76. The third kappa shape index (κ3) is 19.2. The Balaban J connectivity index is 3.55. The van der Waals surface area contributed by atoms with E-state index in [4.69, 9.17) is 10.2 Å². The van der Waals surface area contributed by atoms with E-state index in [-0.39, 0.29) is 25.0 Å². The standard InChI is InChI=1S/C23H40N2O4/c1-2-3-13-16-22(28)24-18-15-12-10-8-6-4-5-7-9-11-14-17-23(29)25-21(19-26)20-27/h4,6-7,9-10,12,21,26-27H,2-3,5,8,11,13-20H2,1H3,(H,24,28)(H,25,29)/b6-4-,9-7-,12-10-. The van der Waals surface area contributed by atoms with Gasteiger partial charge in [0.2, 0.25) is 11.8 Å². The van der Waals surface area contributed by atoms with Crippen molar-refractivity contribution in [2.75, 3.05) is 19.8 Å². The van der Waals surface area contributed by atoms with Crippen molar-refractivity contribution >= 4 is 11.8 Å². The van der Waals surface area contributed by atoms with Gasteiger partial charge >= 0.3 is 0 Å². The molecule has 0 aliphatic rings. The molecule has 0 unspecified atom stereocenters. The van der Waals surface area contributed by atoms with E-state index in [0.717, 1.165) is 51.4 Å². The van der Waals surface area contributed by atoms with Gasteiger partial charge in [0.15, 0.2) is 0 Å². The molecule has 0 bridgehead atoms. The van der Waals surface area contributed by atoms with E-state index in [1.54, 1.807) is 0 Å². The van der Waals surface area contributed by atoms with Crippen molar-refractivity contribution in [3.05, 3.63) is 36.5 Å². The summed E-state index contributed by atoms with van der Waals surface area (Å²) in [6.45, 7) is 2.33. The lowest BCUT2D eigenvalue weighted by atomic mass is 10.2. The van der Waals surface area contributed by atoms with Crippen LogP contribution in [0.5, 0.6) is 0 Å². The zero-order valence-corrected chi connectivity index (χ0v) is 17.9. The lowest BCUT2D eigenvalue weighted by molar-refractivity contribution is -0.122. The Morgan fingerprint density at radius 3 is 2.00 bits per heavy atom. The van der Waals surface area contributed by atoms with Crippen molar-refractivity contribution in [2.24, 2.45) is 0 Å². The molecule has 6 nitrogen and oxygen atoms in total. The summed E-state index contributed by atoms with van der Waals surface area (Å²) in [6, 6.07) is -0.563. The number of aliphatic hydroxyl groups excluding tert-OH is 2. The SMILES string of the molecule is CCCCCC(=O)NCC/C=C\C/C=C\C/C=C\CCCC(=O)NC(CO)CO. The summed E-state index contributed by atoms with van der Waals surface area (Å²) in [5, 5.41) is 23.3. The van der Waals surface area contributed by atoms with E-state index in [0.29, 0.717) is 19.4 Å². The molecule has 0 spiro atoms. The third-order valence-corrected chi connectivity index (χ3v) is 4.27. The van der Waals surface area contributed by atoms with E-state index >= 15 is 0 Å². The average Bonchev–Trinajstić information content (AvgIpc) is 2.72. The van der Waals surface area contributed by atoms with Crippen molar-refractivity contribution in [1.29, 1.82) is 0 Å². The normalized spacial score (nSPS) is 11.9. The molecule has 2 amide bonds. The molecular formula is C23H40N2O4. The number of rotatable bonds is 18. The highest BCUT2D eigenvalue weighted by Crippen LogP contribution is 2.00. The van der Waals surface area contributed by atoms with Gasteiger partial charge in [0.25, 0.3) is 0 Å². The average molecular weight is 409 g/mol. The van der Waals surface area contributed by atoms with Gasteiger partial charge < -0.3 is 20.8 Å². The summed E-state index contributed by atoms with van der Waals surface area (Å²) in [4.78, 5) is 23.1. The van der Waals surface area contributed by atoms with Gasteiger partial charge in [-0.3, -0.25) is 9.59 Å². The van der Waals surface area contributed by atoms with Crippen LogP contribution in [0.15, 0.2) is 36.5 Å². The molecule has 0 saturated heterocycles. The maximum atomic E-state index is 11.6. The highest BCUT2D eigenvalue weighted by Gasteiger charge is 2.08. The van der Waals surface area contributed by atoms with E-state index in [1.165, 1.54) is 0 Å². The van der Waals surface area contributed by atoms with Crippen molar-refractivity contribution in [3.8, 4) is 0 Å². The van der Waals surface area contributed by atoms with Crippen LogP contribution >= 0.6 is 0 Å². The molecule has 0 radical (unpaired) electrons. The van der Waals surface area contributed by atoms with Crippen molar-refractivity contribution in [1.82, 2.24) is 10.6 Å². The maximum absolute atomic E-state index is 11.6. The first-order chi connectivity index (χ1) is 14.1. The van der Waals surface area contributed by atoms with Gasteiger partial charge in [-0.2, -0.15) is 0 Å². The number of amides is 2. The molecular weight excluding hydrogens is 368 g/mol. The Labute approximate surface area is 176 Å². The van der Waals surface area contributed by atoms with Gasteiger partial charge in [-0.1, -0.05) is 56.2 Å². The molecule has 0 aliphatic heterocycles. The van der Waals surface area contributed by atoms with Gasteiger partial charge in [0, 0.05) is 19.4 Å². The van der Waals surface area contributed by atoms with Crippen LogP contribution in [-0.4, -0.2) is 47.8 Å². The summed E-state index contributed by atoms with van der Waals surface area (Å²) in [7, 11) is 0. The van der Waals surface area contributed by atoms with Crippen LogP contribution in [0, 0.1) is 0 Å². The number of carbonyl (C=O) groups is 2. The summed E-state index contributed by atoms with van der Waals surface area (Å²) in [5.41, 5.74) is 0. The molecule has 0 aliphatic carbocycles. The molecule has 0 heterocycles. The minimum Gasteiger partial charge on any atom is -0.394 e. The number of hydrogen-bond donors (Lipinski definition) is 4. The van der Waals surface area contributed by atoms with Crippen LogP contribution in [0.4, 0.5) is 0 Å². The minimum absolute atomic E-state index is 0.144. The Morgan fingerprint density at radius 2 is 1.38 bits per heavy atom. The van der Waals surface area contributed by atoms with E-state index in [2.05, 4.69) is 54.0 Å². The van der Waals surface area contributed by atoms with Crippen molar-refractivity contribution in [3.63, 3.8) is 0 Å². The molecule has 6 heteroatoms. The smallest absolute Gasteiger partial charge is 0.220 e. The lowest BCUT2D eigenvalue weighted by Crippen LogP contribution is -2.39. The molecule has 0 aromatic carbocycles. The predicted molar refractivity (Wildman–Crippen MR) is 118 cm³/mol. The van der Waals surface area contributed by atoms with Crippen LogP contribution in [-0.2, 0) is 9.59 Å². The van der Waals surface area contributed by atoms with Gasteiger partial charge in [0.1, 0.15) is 0 Å². The first-order valence-electron chi connectivity index (χ1n) is 10.9. The number of nitrogens with one attached hydrogen (secondary N) is 2. The molecule has 0 rings (SSSR count). The Hall–Kier alpha value is -1.92. The zero-order valence-electron chi connectivity index (χ0n) is 17.9. The van der Waals surface area contributed by atoms with Gasteiger partial charge in [-0.05, 0) is 38.5 Å². The Bertz CT molecular complexity index is 497. The zero-order chi connectivity index (χ0) is 21.6. The number of hydrogen-bond acceptors (Lipinski definition) is 4. The fraction of sp³-hybridized carbons (Fsp3) is 0.652. The third-order valence-electron chi connectivity index (χ3n) is 4.27. The predicted octanol–water partition coefficient (Wildman–Crippen LogP) is 3.16. The topological polar surface area (TPSA) is 98.7 Å². The van der Waals surface area contributed by atoms with E-state index in [1.807, 2.05) is 0 Å². The Kier molecular flexibility index (Phi) is 19.4. The molecule has 0 aromatic rings. The summed E-state index contributed by atoms with van der Waals surface area (Å²) < 4.78 is 0.